The summed E-state index contributed by atoms with van der Waals surface area (Å²) in [6, 6.07) is 3.08. The standard InChI is InChI=1S/C16H15ClF2N6O2S/c1-7-12(19)6-21-16(23-7)24-13(9-3-4-11(18)10(17)5-9)14-22-8(2)15(25-14)28(20,26)27/h3-6,13H,1-2H3,(H,22,25)(H2,20,26,27)(H,21,23,24). The smallest absolute Gasteiger partial charge is 0.257 e. The van der Waals surface area contributed by atoms with Crippen molar-refractivity contribution in [2.24, 2.45) is 5.14 Å². The van der Waals surface area contributed by atoms with Gasteiger partial charge in [0.05, 0.1) is 22.6 Å². The van der Waals surface area contributed by atoms with Gasteiger partial charge >= 0.3 is 0 Å². The number of H-pyrrole nitrogens is 1. The molecular formula is C16H15ClF2N6O2S. The van der Waals surface area contributed by atoms with Gasteiger partial charge in [-0.3, -0.25) is 0 Å². The molecule has 8 nitrogen and oxygen atoms in total. The molecule has 3 rings (SSSR count). The first-order valence-corrected chi connectivity index (χ1v) is 9.78. The minimum absolute atomic E-state index is 0.0514. The number of primary sulfonamides is 1. The minimum atomic E-state index is -4.07. The SMILES string of the molecule is Cc1nc(NC(c2ccc(F)c(Cl)c2)c2nc(S(N)(=O)=O)c(C)[nH]2)ncc1F. The number of aromatic amines is 1. The number of aromatic nitrogens is 4. The number of nitrogens with two attached hydrogens (primary N) is 1. The molecule has 0 spiro atoms. The minimum Gasteiger partial charge on any atom is -0.343 e. The number of nitrogens with one attached hydrogen (secondary N) is 2. The first kappa shape index (κ1) is 20.1. The van der Waals surface area contributed by atoms with E-state index in [-0.39, 0.29) is 33.2 Å². The molecule has 0 saturated carbocycles. The maximum atomic E-state index is 13.6. The van der Waals surface area contributed by atoms with Gasteiger partial charge in [-0.25, -0.2) is 37.3 Å². The van der Waals surface area contributed by atoms with Crippen LogP contribution in [0.4, 0.5) is 14.7 Å². The van der Waals surface area contributed by atoms with E-state index in [1.165, 1.54) is 26.0 Å². The van der Waals surface area contributed by atoms with Crippen LogP contribution in [-0.2, 0) is 10.0 Å². The van der Waals surface area contributed by atoms with Crippen LogP contribution in [0.2, 0.25) is 5.02 Å². The Labute approximate surface area is 164 Å². The average Bonchev–Trinajstić information content (AvgIpc) is 3.00. The molecule has 1 unspecified atom stereocenters. The first-order chi connectivity index (χ1) is 13.1. The average molecular weight is 429 g/mol. The summed E-state index contributed by atoms with van der Waals surface area (Å²) in [7, 11) is -4.07. The van der Waals surface area contributed by atoms with Gasteiger partial charge in [0, 0.05) is 0 Å². The third kappa shape index (κ3) is 4.11. The Morgan fingerprint density at radius 1 is 1.21 bits per heavy atom. The van der Waals surface area contributed by atoms with Crippen molar-refractivity contribution in [1.82, 2.24) is 19.9 Å². The van der Waals surface area contributed by atoms with Crippen LogP contribution in [0.1, 0.15) is 28.8 Å². The van der Waals surface area contributed by atoms with Crippen LogP contribution in [0, 0.1) is 25.5 Å². The Morgan fingerprint density at radius 2 is 1.93 bits per heavy atom. The number of rotatable bonds is 5. The summed E-state index contributed by atoms with van der Waals surface area (Å²) in [5.41, 5.74) is 0.759. The molecule has 2 aromatic heterocycles. The van der Waals surface area contributed by atoms with Crippen molar-refractivity contribution in [2.45, 2.75) is 24.9 Å². The molecule has 0 aliphatic heterocycles. The molecule has 1 aromatic carbocycles. The van der Waals surface area contributed by atoms with E-state index in [9.17, 15) is 17.2 Å². The molecular weight excluding hydrogens is 414 g/mol. The van der Waals surface area contributed by atoms with E-state index in [0.717, 1.165) is 12.3 Å². The molecule has 0 amide bonds. The quantitative estimate of drug-likeness (QED) is 0.573. The summed E-state index contributed by atoms with van der Waals surface area (Å²) in [6.07, 6.45) is 0.989. The van der Waals surface area contributed by atoms with Gasteiger partial charge in [0.2, 0.25) is 5.95 Å². The summed E-state index contributed by atoms with van der Waals surface area (Å²) in [6.45, 7) is 2.95. The molecule has 28 heavy (non-hydrogen) atoms. The van der Waals surface area contributed by atoms with E-state index in [1.54, 1.807) is 0 Å². The molecule has 0 saturated heterocycles. The lowest BCUT2D eigenvalue weighted by molar-refractivity contribution is 0.593. The fourth-order valence-electron chi connectivity index (χ4n) is 2.53. The van der Waals surface area contributed by atoms with Crippen LogP contribution in [-0.4, -0.2) is 28.4 Å². The predicted octanol–water partition coefficient (Wildman–Crippen LogP) is 2.60. The van der Waals surface area contributed by atoms with Gasteiger partial charge in [0.1, 0.15) is 17.7 Å². The van der Waals surface area contributed by atoms with Gasteiger partial charge in [-0.1, -0.05) is 17.7 Å². The van der Waals surface area contributed by atoms with Crippen LogP contribution in [0.25, 0.3) is 0 Å². The monoisotopic (exact) mass is 428 g/mol. The highest BCUT2D eigenvalue weighted by Crippen LogP contribution is 2.28. The topological polar surface area (TPSA) is 127 Å². The second-order valence-electron chi connectivity index (χ2n) is 5.98. The van der Waals surface area contributed by atoms with Crippen molar-refractivity contribution >= 4 is 27.6 Å². The lowest BCUT2D eigenvalue weighted by Crippen LogP contribution is -2.17. The van der Waals surface area contributed by atoms with Crippen molar-refractivity contribution in [3.8, 4) is 0 Å². The Hall–Kier alpha value is -2.63. The Balaban J connectivity index is 2.11. The molecule has 3 aromatic rings. The van der Waals surface area contributed by atoms with E-state index in [1.807, 2.05) is 0 Å². The van der Waals surface area contributed by atoms with E-state index in [2.05, 4.69) is 25.3 Å². The number of aryl methyl sites for hydroxylation is 2. The van der Waals surface area contributed by atoms with Crippen molar-refractivity contribution in [3.05, 3.63) is 63.8 Å². The van der Waals surface area contributed by atoms with Crippen molar-refractivity contribution < 1.29 is 17.2 Å². The highest BCUT2D eigenvalue weighted by molar-refractivity contribution is 7.89. The third-order valence-electron chi connectivity index (χ3n) is 3.87. The number of imidazole rings is 1. The van der Waals surface area contributed by atoms with E-state index < -0.39 is 27.7 Å². The van der Waals surface area contributed by atoms with Gasteiger partial charge in [-0.15, -0.1) is 0 Å². The summed E-state index contributed by atoms with van der Waals surface area (Å²) >= 11 is 5.87. The van der Waals surface area contributed by atoms with E-state index in [0.29, 0.717) is 5.56 Å². The molecule has 2 heterocycles. The molecule has 148 valence electrons. The Morgan fingerprint density at radius 3 is 2.50 bits per heavy atom. The second-order valence-corrected chi connectivity index (χ2v) is 7.86. The maximum absolute atomic E-state index is 13.6. The number of halogens is 3. The van der Waals surface area contributed by atoms with Gasteiger partial charge in [-0.05, 0) is 31.5 Å². The Bertz CT molecular complexity index is 1150. The van der Waals surface area contributed by atoms with Gasteiger partial charge in [0.25, 0.3) is 10.0 Å². The van der Waals surface area contributed by atoms with Gasteiger partial charge in [-0.2, -0.15) is 0 Å². The second kappa shape index (κ2) is 7.41. The van der Waals surface area contributed by atoms with Crippen LogP contribution in [0.3, 0.4) is 0 Å². The number of benzene rings is 1. The molecule has 0 aliphatic rings. The van der Waals surface area contributed by atoms with E-state index >= 15 is 0 Å². The zero-order chi connectivity index (χ0) is 20.6. The lowest BCUT2D eigenvalue weighted by Gasteiger charge is -2.18. The van der Waals surface area contributed by atoms with E-state index in [4.69, 9.17) is 16.7 Å². The zero-order valence-corrected chi connectivity index (χ0v) is 16.2. The normalized spacial score (nSPS) is 12.8. The molecule has 0 radical (unpaired) electrons. The van der Waals surface area contributed by atoms with Crippen LogP contribution in [0.5, 0.6) is 0 Å². The molecule has 12 heteroatoms. The number of hydrogen-bond acceptors (Lipinski definition) is 6. The first-order valence-electron chi connectivity index (χ1n) is 7.86. The predicted molar refractivity (Wildman–Crippen MR) is 98.3 cm³/mol. The number of nitrogens with zero attached hydrogens (tertiary/aromatic N) is 3. The highest BCUT2D eigenvalue weighted by Gasteiger charge is 2.25. The lowest BCUT2D eigenvalue weighted by atomic mass is 10.1. The third-order valence-corrected chi connectivity index (χ3v) is 5.10. The number of sulfonamides is 1. The number of anilines is 1. The summed E-state index contributed by atoms with van der Waals surface area (Å²) in [5.74, 6) is -1.01. The molecule has 0 bridgehead atoms. The van der Waals surface area contributed by atoms with Gasteiger partial charge in [0.15, 0.2) is 10.8 Å². The highest BCUT2D eigenvalue weighted by atomic mass is 35.5. The summed E-state index contributed by atoms with van der Waals surface area (Å²) in [5, 5.41) is 7.62. The fourth-order valence-corrected chi connectivity index (χ4v) is 3.43. The maximum Gasteiger partial charge on any atom is 0.257 e. The molecule has 4 N–H and O–H groups in total. The summed E-state index contributed by atoms with van der Waals surface area (Å²) in [4.78, 5) is 14.7. The van der Waals surface area contributed by atoms with Crippen molar-refractivity contribution in [1.29, 1.82) is 0 Å². The van der Waals surface area contributed by atoms with Crippen LogP contribution in [0.15, 0.2) is 29.4 Å². The van der Waals surface area contributed by atoms with Crippen LogP contribution >= 0.6 is 11.6 Å². The zero-order valence-electron chi connectivity index (χ0n) is 14.7. The molecule has 0 fully saturated rings. The molecule has 1 atom stereocenters. The van der Waals surface area contributed by atoms with Gasteiger partial charge < -0.3 is 10.3 Å². The summed E-state index contributed by atoms with van der Waals surface area (Å²) < 4.78 is 50.4. The largest absolute Gasteiger partial charge is 0.343 e. The van der Waals surface area contributed by atoms with Crippen molar-refractivity contribution in [2.75, 3.05) is 5.32 Å². The van der Waals surface area contributed by atoms with Crippen LogP contribution < -0.4 is 10.5 Å². The number of hydrogen-bond donors (Lipinski definition) is 3. The Kier molecular flexibility index (Phi) is 5.33. The fraction of sp³-hybridized carbons (Fsp3) is 0.188. The molecule has 0 aliphatic carbocycles. The van der Waals surface area contributed by atoms with Crippen molar-refractivity contribution in [3.63, 3.8) is 0 Å².